The van der Waals surface area contributed by atoms with Crippen LogP contribution in [0.15, 0.2) is 80.1 Å². The molecule has 0 bridgehead atoms. The molecular weight excluding hydrogens is 546 g/mol. The maximum Gasteiger partial charge on any atom is 0.338 e. The number of non-ortho nitro benzene ring substituents is 1. The van der Waals surface area contributed by atoms with E-state index >= 15 is 0 Å². The summed E-state index contributed by atoms with van der Waals surface area (Å²) in [4.78, 5) is 42.4. The fraction of sp³-hybridized carbons (Fsp3) is 0.148. The molecule has 3 heterocycles. The molecule has 4 aromatic rings. The van der Waals surface area contributed by atoms with Gasteiger partial charge in [0, 0.05) is 17.7 Å². The normalized spacial score (nSPS) is 15.2. The van der Waals surface area contributed by atoms with E-state index in [0.717, 1.165) is 11.3 Å². The number of nitro benzene ring substituents is 1. The van der Waals surface area contributed by atoms with Crippen molar-refractivity contribution in [3.63, 3.8) is 0 Å². The molecule has 2 aromatic heterocycles. The molecule has 0 aliphatic carbocycles. The number of rotatable bonds is 6. The molecule has 0 unspecified atom stereocenters. The third kappa shape index (κ3) is 4.89. The summed E-state index contributed by atoms with van der Waals surface area (Å²) in [6.45, 7) is 3.42. The highest BCUT2D eigenvalue weighted by molar-refractivity contribution is 7.07. The Morgan fingerprint density at radius 2 is 2.08 bits per heavy atom. The highest BCUT2D eigenvalue weighted by Crippen LogP contribution is 2.37. The van der Waals surface area contributed by atoms with Gasteiger partial charge in [-0.25, -0.2) is 9.79 Å². The lowest BCUT2D eigenvalue weighted by atomic mass is 10.0. The summed E-state index contributed by atoms with van der Waals surface area (Å²) in [7, 11) is 0. The van der Waals surface area contributed by atoms with Crippen molar-refractivity contribution >= 4 is 40.7 Å². The number of fused-ring (bicyclic) bond motifs is 1. The van der Waals surface area contributed by atoms with E-state index in [0.29, 0.717) is 20.6 Å². The number of aromatic hydroxyl groups is 1. The fourth-order valence-electron chi connectivity index (χ4n) is 4.29. The molecule has 0 saturated carbocycles. The predicted octanol–water partition coefficient (Wildman–Crippen LogP) is 4.33. The molecule has 2 aromatic carbocycles. The first-order valence-corrected chi connectivity index (χ1v) is 12.9. The van der Waals surface area contributed by atoms with Gasteiger partial charge in [-0.3, -0.25) is 19.5 Å². The lowest BCUT2D eigenvalue weighted by Gasteiger charge is -2.22. The second-order valence-corrected chi connectivity index (χ2v) is 9.94. The number of carbonyl (C=O) groups is 1. The Balaban J connectivity index is 1.70. The number of allylic oxidation sites excluding steroid dienone is 1. The minimum Gasteiger partial charge on any atom is -0.508 e. The number of nitro groups is 1. The van der Waals surface area contributed by atoms with E-state index in [1.807, 2.05) is 0 Å². The molecule has 10 nitrogen and oxygen atoms in total. The number of halogens is 1. The third-order valence-electron chi connectivity index (χ3n) is 6.01. The number of furan rings is 1. The summed E-state index contributed by atoms with van der Waals surface area (Å²) in [5, 5.41) is 21.4. The molecule has 0 radical (unpaired) electrons. The predicted molar refractivity (Wildman–Crippen MR) is 144 cm³/mol. The molecule has 1 aliphatic heterocycles. The number of phenols is 1. The standard InChI is InChI=1S/C27H20ClN3O7S/c1-3-37-26(34)23-14(2)29-27-30(25(33)22(39-27)12-15-5-4-6-17(32)11-15)24(23)21-10-9-20(38-21)18-13-16(31(35)36)7-8-19(18)28/h4-13,24,32H,3H2,1-2H3/b22-12-/t24-/m0/s1. The van der Waals surface area contributed by atoms with Gasteiger partial charge in [0.05, 0.1) is 32.4 Å². The molecule has 39 heavy (non-hydrogen) atoms. The highest BCUT2D eigenvalue weighted by Gasteiger charge is 2.35. The number of benzene rings is 2. The van der Waals surface area contributed by atoms with Gasteiger partial charge in [0.15, 0.2) is 4.80 Å². The van der Waals surface area contributed by atoms with Crippen LogP contribution in [0.3, 0.4) is 0 Å². The van der Waals surface area contributed by atoms with E-state index < -0.39 is 22.5 Å². The van der Waals surface area contributed by atoms with Crippen LogP contribution >= 0.6 is 22.9 Å². The van der Waals surface area contributed by atoms with Gasteiger partial charge in [0.25, 0.3) is 11.2 Å². The summed E-state index contributed by atoms with van der Waals surface area (Å²) >= 11 is 7.44. The minimum atomic E-state index is -1.02. The van der Waals surface area contributed by atoms with E-state index in [-0.39, 0.29) is 45.7 Å². The van der Waals surface area contributed by atoms with Gasteiger partial charge in [0.2, 0.25) is 0 Å². The minimum absolute atomic E-state index is 0.0535. The Hall–Kier alpha value is -4.48. The molecule has 198 valence electrons. The van der Waals surface area contributed by atoms with Gasteiger partial charge in [-0.05, 0) is 55.8 Å². The third-order valence-corrected chi connectivity index (χ3v) is 7.32. The SMILES string of the molecule is CCOC(=O)C1=C(C)N=c2s/c(=C\c3cccc(O)c3)c(=O)n2[C@H]1c1ccc(-c2cc([N+](=O)[O-])ccc2Cl)o1. The zero-order chi connectivity index (χ0) is 27.8. The summed E-state index contributed by atoms with van der Waals surface area (Å²) in [6, 6.07) is 12.6. The first-order chi connectivity index (χ1) is 18.7. The lowest BCUT2D eigenvalue weighted by Crippen LogP contribution is -2.39. The van der Waals surface area contributed by atoms with Gasteiger partial charge in [-0.15, -0.1) is 0 Å². The molecule has 12 heteroatoms. The number of nitrogens with zero attached hydrogens (tertiary/aromatic N) is 3. The molecular formula is C27H20ClN3O7S. The second kappa shape index (κ2) is 10.4. The number of hydrogen-bond donors (Lipinski definition) is 1. The van der Waals surface area contributed by atoms with Gasteiger partial charge in [-0.1, -0.05) is 35.1 Å². The van der Waals surface area contributed by atoms with Crippen LogP contribution in [-0.4, -0.2) is 27.2 Å². The molecule has 1 aliphatic rings. The topological polar surface area (TPSA) is 137 Å². The quantitative estimate of drug-likeness (QED) is 0.209. The lowest BCUT2D eigenvalue weighted by molar-refractivity contribution is -0.384. The van der Waals surface area contributed by atoms with Crippen LogP contribution in [0.4, 0.5) is 5.69 Å². The van der Waals surface area contributed by atoms with Crippen molar-refractivity contribution < 1.29 is 24.0 Å². The van der Waals surface area contributed by atoms with Crippen molar-refractivity contribution in [3.8, 4) is 17.1 Å². The van der Waals surface area contributed by atoms with Gasteiger partial charge < -0.3 is 14.3 Å². The smallest absolute Gasteiger partial charge is 0.338 e. The highest BCUT2D eigenvalue weighted by atomic mass is 35.5. The van der Waals surface area contributed by atoms with Crippen LogP contribution in [0.1, 0.15) is 31.2 Å². The number of esters is 1. The van der Waals surface area contributed by atoms with Gasteiger partial charge >= 0.3 is 5.97 Å². The summed E-state index contributed by atoms with van der Waals surface area (Å²) in [5.41, 5.74) is 0.780. The molecule has 1 atom stereocenters. The maximum atomic E-state index is 13.7. The van der Waals surface area contributed by atoms with E-state index in [1.54, 1.807) is 44.2 Å². The Bertz CT molecular complexity index is 1850. The average molecular weight is 566 g/mol. The molecule has 0 saturated heterocycles. The van der Waals surface area contributed by atoms with Crippen molar-refractivity contribution in [3.05, 3.63) is 112 Å². The van der Waals surface area contributed by atoms with Crippen LogP contribution in [0.25, 0.3) is 17.4 Å². The summed E-state index contributed by atoms with van der Waals surface area (Å²) in [6.07, 6.45) is 1.63. The van der Waals surface area contributed by atoms with E-state index in [4.69, 9.17) is 20.8 Å². The molecule has 0 fully saturated rings. The Morgan fingerprint density at radius 1 is 1.28 bits per heavy atom. The van der Waals surface area contributed by atoms with Crippen LogP contribution < -0.4 is 14.9 Å². The van der Waals surface area contributed by atoms with E-state index in [2.05, 4.69) is 4.99 Å². The van der Waals surface area contributed by atoms with Crippen molar-refractivity contribution in [2.45, 2.75) is 19.9 Å². The summed E-state index contributed by atoms with van der Waals surface area (Å²) in [5.74, 6) is -0.163. The van der Waals surface area contributed by atoms with Crippen LogP contribution in [0, 0.1) is 10.1 Å². The Kier molecular flexibility index (Phi) is 6.94. The summed E-state index contributed by atoms with van der Waals surface area (Å²) < 4.78 is 13.1. The molecule has 1 N–H and O–H groups in total. The van der Waals surface area contributed by atoms with Gasteiger partial charge in [0.1, 0.15) is 23.3 Å². The van der Waals surface area contributed by atoms with Crippen molar-refractivity contribution in [2.24, 2.45) is 4.99 Å². The first-order valence-electron chi connectivity index (χ1n) is 11.7. The number of hydrogen-bond acceptors (Lipinski definition) is 9. The molecule has 0 amide bonds. The average Bonchev–Trinajstić information content (AvgIpc) is 3.48. The number of carbonyl (C=O) groups excluding carboxylic acids is 1. The second-order valence-electron chi connectivity index (χ2n) is 8.52. The molecule has 0 spiro atoms. The Morgan fingerprint density at radius 3 is 2.79 bits per heavy atom. The zero-order valence-electron chi connectivity index (χ0n) is 20.6. The number of thiazole rings is 1. The number of ether oxygens (including phenoxy) is 1. The van der Waals surface area contributed by atoms with Crippen LogP contribution in [0.5, 0.6) is 5.75 Å². The zero-order valence-corrected chi connectivity index (χ0v) is 22.2. The van der Waals surface area contributed by atoms with Gasteiger partial charge in [-0.2, -0.15) is 0 Å². The largest absolute Gasteiger partial charge is 0.508 e. The van der Waals surface area contributed by atoms with E-state index in [9.17, 15) is 24.8 Å². The van der Waals surface area contributed by atoms with E-state index in [1.165, 1.54) is 34.9 Å². The Labute approximate surface area is 229 Å². The monoisotopic (exact) mass is 565 g/mol. The molecule has 5 rings (SSSR count). The van der Waals surface area contributed by atoms with Crippen molar-refractivity contribution in [2.75, 3.05) is 6.61 Å². The van der Waals surface area contributed by atoms with Crippen LogP contribution in [0.2, 0.25) is 5.02 Å². The van der Waals surface area contributed by atoms with Crippen molar-refractivity contribution in [1.29, 1.82) is 0 Å². The number of phenolic OH excluding ortho intramolecular Hbond substituents is 1. The fourth-order valence-corrected chi connectivity index (χ4v) is 5.54. The van der Waals surface area contributed by atoms with Crippen molar-refractivity contribution in [1.82, 2.24) is 4.57 Å². The first kappa shape index (κ1) is 26.1. The van der Waals surface area contributed by atoms with Crippen LogP contribution in [-0.2, 0) is 9.53 Å². The number of aromatic nitrogens is 1. The maximum absolute atomic E-state index is 13.7.